The van der Waals surface area contributed by atoms with E-state index in [-0.39, 0.29) is 15.6 Å². The van der Waals surface area contributed by atoms with Crippen LogP contribution in [-0.4, -0.2) is 10.1 Å². The fourth-order valence-corrected chi connectivity index (χ4v) is 2.51. The summed E-state index contributed by atoms with van der Waals surface area (Å²) in [6, 6.07) is 0. The summed E-state index contributed by atoms with van der Waals surface area (Å²) >= 11 is 6.19. The van der Waals surface area contributed by atoms with Crippen LogP contribution in [0.3, 0.4) is 0 Å². The summed E-state index contributed by atoms with van der Waals surface area (Å²) in [4.78, 5) is 3.92. The van der Waals surface area contributed by atoms with E-state index in [1.54, 1.807) is 0 Å². The van der Waals surface area contributed by atoms with Gasteiger partial charge in [-0.05, 0) is 15.9 Å². The highest BCUT2D eigenvalue weighted by atomic mass is 79.9. The van der Waals surface area contributed by atoms with Crippen LogP contribution < -0.4 is 0 Å². The number of aliphatic hydroxyl groups excluding tert-OH is 1. The molecule has 1 aromatic rings. The van der Waals surface area contributed by atoms with Gasteiger partial charge in [-0.15, -0.1) is 0 Å². The third kappa shape index (κ3) is 2.29. The zero-order valence-electron chi connectivity index (χ0n) is 6.98. The van der Waals surface area contributed by atoms with Gasteiger partial charge in [0.1, 0.15) is 0 Å². The summed E-state index contributed by atoms with van der Waals surface area (Å²) in [5, 5.41) is 9.24. The van der Waals surface area contributed by atoms with Gasteiger partial charge in [-0.1, -0.05) is 15.9 Å². The molecule has 1 rings (SSSR count). The zero-order valence-corrected chi connectivity index (χ0v) is 10.1. The molecular weight excluding hydrogens is 324 g/mol. The lowest BCUT2D eigenvalue weighted by molar-refractivity contribution is 0.146. The minimum Gasteiger partial charge on any atom is -0.392 e. The van der Waals surface area contributed by atoms with E-state index in [9.17, 15) is 8.78 Å². The van der Waals surface area contributed by atoms with Gasteiger partial charge in [0.05, 0.1) is 12.3 Å². The van der Waals surface area contributed by atoms with Gasteiger partial charge in [0, 0.05) is 27.1 Å². The first-order valence-electron chi connectivity index (χ1n) is 3.73. The molecule has 0 aliphatic rings. The van der Waals surface area contributed by atoms with Crippen molar-refractivity contribution in [3.05, 3.63) is 27.5 Å². The number of aliphatic hydroxyl groups is 1. The fraction of sp³-hybridized carbons (Fsp3) is 0.375. The SMILES string of the molecule is OCc1cnc(CBr)c(Br)c1C(F)F. The Kier molecular flexibility index (Phi) is 4.40. The number of hydrogen-bond acceptors (Lipinski definition) is 2. The number of rotatable bonds is 3. The Bertz CT molecular complexity index is 333. The molecule has 14 heavy (non-hydrogen) atoms. The van der Waals surface area contributed by atoms with Crippen LogP contribution in [0, 0.1) is 0 Å². The molecule has 0 aliphatic heterocycles. The molecule has 0 spiro atoms. The number of hydrogen-bond donors (Lipinski definition) is 1. The van der Waals surface area contributed by atoms with E-state index in [2.05, 4.69) is 36.8 Å². The van der Waals surface area contributed by atoms with Crippen molar-refractivity contribution >= 4 is 31.9 Å². The van der Waals surface area contributed by atoms with Crippen molar-refractivity contribution in [2.75, 3.05) is 0 Å². The Balaban J connectivity index is 3.31. The Morgan fingerprint density at radius 2 is 2.14 bits per heavy atom. The number of aromatic nitrogens is 1. The first kappa shape index (κ1) is 12.0. The van der Waals surface area contributed by atoms with E-state index < -0.39 is 13.0 Å². The van der Waals surface area contributed by atoms with Crippen molar-refractivity contribution in [3.63, 3.8) is 0 Å². The van der Waals surface area contributed by atoms with Gasteiger partial charge < -0.3 is 5.11 Å². The van der Waals surface area contributed by atoms with Crippen molar-refractivity contribution in [3.8, 4) is 0 Å². The van der Waals surface area contributed by atoms with Gasteiger partial charge in [0.2, 0.25) is 0 Å². The zero-order chi connectivity index (χ0) is 10.7. The third-order valence-electron chi connectivity index (χ3n) is 1.73. The smallest absolute Gasteiger partial charge is 0.265 e. The van der Waals surface area contributed by atoms with Crippen LogP contribution in [0.1, 0.15) is 23.2 Å². The van der Waals surface area contributed by atoms with Gasteiger partial charge >= 0.3 is 0 Å². The first-order chi connectivity index (χ1) is 6.61. The van der Waals surface area contributed by atoms with Crippen molar-refractivity contribution in [2.24, 2.45) is 0 Å². The summed E-state index contributed by atoms with van der Waals surface area (Å²) in [6.07, 6.45) is -1.35. The summed E-state index contributed by atoms with van der Waals surface area (Å²) in [5.41, 5.74) is 0.464. The van der Waals surface area contributed by atoms with E-state index in [0.717, 1.165) is 0 Å². The standard InChI is InChI=1S/C8H7Br2F2NO/c9-1-5-7(10)6(8(11)12)4(3-14)2-13-5/h2,8,14H,1,3H2. The highest BCUT2D eigenvalue weighted by Crippen LogP contribution is 2.32. The molecule has 1 heterocycles. The Hall–Kier alpha value is -0.0700. The molecule has 0 saturated carbocycles. The molecule has 0 atom stereocenters. The predicted octanol–water partition coefficient (Wildman–Crippen LogP) is 3.17. The maximum Gasteiger partial charge on any atom is 0.265 e. The number of alkyl halides is 3. The highest BCUT2D eigenvalue weighted by Gasteiger charge is 2.19. The maximum atomic E-state index is 12.6. The van der Waals surface area contributed by atoms with E-state index in [0.29, 0.717) is 11.0 Å². The molecule has 1 aromatic heterocycles. The average Bonchev–Trinajstić information content (AvgIpc) is 2.16. The second-order valence-corrected chi connectivity index (χ2v) is 3.90. The van der Waals surface area contributed by atoms with Gasteiger partial charge in [0.15, 0.2) is 0 Å². The lowest BCUT2D eigenvalue weighted by Gasteiger charge is -2.10. The van der Waals surface area contributed by atoms with Crippen LogP contribution in [0.5, 0.6) is 0 Å². The Morgan fingerprint density at radius 1 is 1.50 bits per heavy atom. The number of halogens is 4. The second kappa shape index (κ2) is 5.14. The topological polar surface area (TPSA) is 33.1 Å². The normalized spacial score (nSPS) is 11.0. The van der Waals surface area contributed by atoms with Crippen LogP contribution >= 0.6 is 31.9 Å². The molecule has 1 N–H and O–H groups in total. The monoisotopic (exact) mass is 329 g/mol. The van der Waals surface area contributed by atoms with Gasteiger partial charge in [0.25, 0.3) is 6.43 Å². The second-order valence-electron chi connectivity index (χ2n) is 2.55. The quantitative estimate of drug-likeness (QED) is 0.863. The molecule has 78 valence electrons. The minimum atomic E-state index is -2.62. The van der Waals surface area contributed by atoms with Gasteiger partial charge in [-0.25, -0.2) is 8.78 Å². The lowest BCUT2D eigenvalue weighted by Crippen LogP contribution is -2.01. The average molecular weight is 331 g/mol. The number of nitrogens with zero attached hydrogens (tertiary/aromatic N) is 1. The molecule has 0 unspecified atom stereocenters. The van der Waals surface area contributed by atoms with Crippen molar-refractivity contribution < 1.29 is 13.9 Å². The van der Waals surface area contributed by atoms with E-state index in [1.807, 2.05) is 0 Å². The van der Waals surface area contributed by atoms with Gasteiger partial charge in [-0.2, -0.15) is 0 Å². The van der Waals surface area contributed by atoms with E-state index in [1.165, 1.54) is 6.20 Å². The molecule has 0 radical (unpaired) electrons. The molecule has 0 aliphatic carbocycles. The Morgan fingerprint density at radius 3 is 2.57 bits per heavy atom. The minimum absolute atomic E-state index is 0.150. The van der Waals surface area contributed by atoms with Crippen LogP contribution in [0.4, 0.5) is 8.78 Å². The number of pyridine rings is 1. The molecule has 6 heteroatoms. The largest absolute Gasteiger partial charge is 0.392 e. The van der Waals surface area contributed by atoms with E-state index in [4.69, 9.17) is 5.11 Å². The van der Waals surface area contributed by atoms with Crippen molar-refractivity contribution in [2.45, 2.75) is 18.4 Å². The maximum absolute atomic E-state index is 12.6. The molecule has 0 amide bonds. The third-order valence-corrected chi connectivity index (χ3v) is 3.14. The lowest BCUT2D eigenvalue weighted by atomic mass is 10.1. The summed E-state index contributed by atoms with van der Waals surface area (Å²) in [5.74, 6) is 0. The van der Waals surface area contributed by atoms with Crippen LogP contribution in [0.2, 0.25) is 0 Å². The molecule has 0 bridgehead atoms. The van der Waals surface area contributed by atoms with Crippen LogP contribution in [0.25, 0.3) is 0 Å². The summed E-state index contributed by atoms with van der Waals surface area (Å²) in [6.45, 7) is -0.437. The predicted molar refractivity (Wildman–Crippen MR) is 55.4 cm³/mol. The van der Waals surface area contributed by atoms with Crippen LogP contribution in [-0.2, 0) is 11.9 Å². The van der Waals surface area contributed by atoms with Crippen molar-refractivity contribution in [1.29, 1.82) is 0 Å². The summed E-state index contributed by atoms with van der Waals surface area (Å²) in [7, 11) is 0. The molecular formula is C8H7Br2F2NO. The summed E-state index contributed by atoms with van der Waals surface area (Å²) < 4.78 is 25.5. The fourth-order valence-electron chi connectivity index (χ4n) is 1.03. The van der Waals surface area contributed by atoms with Crippen molar-refractivity contribution in [1.82, 2.24) is 4.98 Å². The molecule has 0 saturated heterocycles. The van der Waals surface area contributed by atoms with Crippen LogP contribution in [0.15, 0.2) is 10.7 Å². The first-order valence-corrected chi connectivity index (χ1v) is 5.64. The molecule has 2 nitrogen and oxygen atoms in total. The highest BCUT2D eigenvalue weighted by molar-refractivity contribution is 9.10. The van der Waals surface area contributed by atoms with Gasteiger partial charge in [-0.3, -0.25) is 4.98 Å². The Labute approximate surface area is 96.6 Å². The molecule has 0 fully saturated rings. The van der Waals surface area contributed by atoms with E-state index >= 15 is 0 Å². The molecule has 0 aromatic carbocycles.